The molecular weight excluding hydrogens is 302 g/mol. The Morgan fingerprint density at radius 2 is 1.67 bits per heavy atom. The number of carbonyl (C=O) groups is 2. The predicted molar refractivity (Wildman–Crippen MR) is 94.7 cm³/mol. The van der Waals surface area contributed by atoms with E-state index in [4.69, 9.17) is 4.74 Å². The molecule has 24 heavy (non-hydrogen) atoms. The molecule has 124 valence electrons. The maximum Gasteiger partial charge on any atom is 0.331 e. The van der Waals surface area contributed by atoms with Crippen LogP contribution in [0.25, 0.3) is 0 Å². The van der Waals surface area contributed by atoms with Crippen LogP contribution in [0.15, 0.2) is 66.2 Å². The first-order valence-electron chi connectivity index (χ1n) is 7.78. The number of anilines is 1. The molecular formula is C20H21NO3. The lowest BCUT2D eigenvalue weighted by Gasteiger charge is -2.11. The second-order valence-electron chi connectivity index (χ2n) is 5.70. The van der Waals surface area contributed by atoms with E-state index >= 15 is 0 Å². The number of rotatable bonds is 6. The van der Waals surface area contributed by atoms with E-state index in [0.29, 0.717) is 0 Å². The Bertz CT molecular complexity index is 732. The average Bonchev–Trinajstić information content (AvgIpc) is 2.55. The number of amides is 1. The van der Waals surface area contributed by atoms with Gasteiger partial charge in [-0.3, -0.25) is 4.79 Å². The van der Waals surface area contributed by atoms with Crippen LogP contribution in [0.1, 0.15) is 25.0 Å². The summed E-state index contributed by atoms with van der Waals surface area (Å²) in [5.74, 6) is -0.867. The van der Waals surface area contributed by atoms with Crippen LogP contribution in [0.2, 0.25) is 0 Å². The molecule has 2 aromatic carbocycles. The lowest BCUT2D eigenvalue weighted by molar-refractivity contribution is -0.142. The van der Waals surface area contributed by atoms with Crippen LogP contribution < -0.4 is 5.32 Å². The number of para-hydroxylation sites is 1. The fraction of sp³-hybridized carbons (Fsp3) is 0.200. The number of benzene rings is 2. The zero-order chi connectivity index (χ0) is 17.4. The molecule has 2 rings (SSSR count). The van der Waals surface area contributed by atoms with Crippen molar-refractivity contribution in [2.24, 2.45) is 0 Å². The van der Waals surface area contributed by atoms with Gasteiger partial charge in [-0.1, -0.05) is 54.1 Å². The van der Waals surface area contributed by atoms with E-state index < -0.39 is 5.97 Å². The molecule has 0 unspecified atom stereocenters. The fourth-order valence-electron chi connectivity index (χ4n) is 2.21. The summed E-state index contributed by atoms with van der Waals surface area (Å²) in [6.07, 6.45) is 2.07. The summed E-state index contributed by atoms with van der Waals surface area (Å²) in [7, 11) is 0. The normalized spacial score (nSPS) is 9.92. The quantitative estimate of drug-likeness (QED) is 0.651. The summed E-state index contributed by atoms with van der Waals surface area (Å²) in [6.45, 7) is 3.28. The molecule has 0 saturated heterocycles. The van der Waals surface area contributed by atoms with Gasteiger partial charge >= 0.3 is 5.97 Å². The maximum atomic E-state index is 12.0. The van der Waals surface area contributed by atoms with Crippen LogP contribution >= 0.6 is 0 Å². The monoisotopic (exact) mass is 323 g/mol. The van der Waals surface area contributed by atoms with Crippen LogP contribution in [-0.2, 0) is 20.7 Å². The van der Waals surface area contributed by atoms with Gasteiger partial charge in [-0.2, -0.15) is 0 Å². The van der Waals surface area contributed by atoms with Crippen molar-refractivity contribution >= 4 is 17.6 Å². The molecule has 0 aliphatic heterocycles. The fourth-order valence-corrected chi connectivity index (χ4v) is 2.21. The van der Waals surface area contributed by atoms with Gasteiger partial charge < -0.3 is 10.1 Å². The van der Waals surface area contributed by atoms with E-state index in [1.54, 1.807) is 13.8 Å². The molecule has 2 aromatic rings. The summed E-state index contributed by atoms with van der Waals surface area (Å²) in [4.78, 5) is 23.4. The Kier molecular flexibility index (Phi) is 6.32. The summed E-state index contributed by atoms with van der Waals surface area (Å²) < 4.78 is 4.92. The van der Waals surface area contributed by atoms with Crippen molar-refractivity contribution < 1.29 is 14.3 Å². The van der Waals surface area contributed by atoms with Gasteiger partial charge in [-0.25, -0.2) is 4.79 Å². The molecule has 0 spiro atoms. The average molecular weight is 323 g/mol. The zero-order valence-corrected chi connectivity index (χ0v) is 13.9. The summed E-state index contributed by atoms with van der Waals surface area (Å²) >= 11 is 0. The molecule has 0 radical (unpaired) electrons. The topological polar surface area (TPSA) is 55.4 Å². The number of ether oxygens (including phenoxy) is 1. The first kappa shape index (κ1) is 17.5. The minimum atomic E-state index is -0.511. The molecule has 1 N–H and O–H groups in total. The van der Waals surface area contributed by atoms with Gasteiger partial charge in [0.05, 0.1) is 0 Å². The molecule has 0 aliphatic carbocycles. The van der Waals surface area contributed by atoms with E-state index in [1.807, 2.05) is 54.6 Å². The van der Waals surface area contributed by atoms with Crippen molar-refractivity contribution in [3.63, 3.8) is 0 Å². The lowest BCUT2D eigenvalue weighted by atomic mass is 10.0. The molecule has 0 saturated carbocycles. The molecule has 0 bridgehead atoms. The highest BCUT2D eigenvalue weighted by molar-refractivity contribution is 5.94. The summed E-state index contributed by atoms with van der Waals surface area (Å²) in [6, 6.07) is 17.6. The number of esters is 1. The number of hydrogen-bond donors (Lipinski definition) is 1. The molecule has 0 heterocycles. The zero-order valence-electron chi connectivity index (χ0n) is 13.9. The lowest BCUT2D eigenvalue weighted by Crippen LogP contribution is -2.21. The Balaban J connectivity index is 1.98. The van der Waals surface area contributed by atoms with Crippen molar-refractivity contribution in [2.45, 2.75) is 20.3 Å². The highest BCUT2D eigenvalue weighted by Crippen LogP contribution is 2.19. The van der Waals surface area contributed by atoms with Crippen molar-refractivity contribution in [1.82, 2.24) is 0 Å². The van der Waals surface area contributed by atoms with Crippen LogP contribution in [-0.4, -0.2) is 18.5 Å². The third-order valence-corrected chi connectivity index (χ3v) is 3.28. The van der Waals surface area contributed by atoms with Gasteiger partial charge in [0.2, 0.25) is 0 Å². The van der Waals surface area contributed by atoms with E-state index in [0.717, 1.165) is 28.8 Å². The number of hydrogen-bond acceptors (Lipinski definition) is 3. The first-order valence-corrected chi connectivity index (χ1v) is 7.78. The standard InChI is InChI=1S/C20H21NO3/c1-15(2)12-20(23)24-14-19(22)21-18-11-7-6-10-17(18)13-16-8-4-3-5-9-16/h3-12H,13-14H2,1-2H3,(H,21,22). The van der Waals surface area contributed by atoms with E-state index in [1.165, 1.54) is 6.08 Å². The van der Waals surface area contributed by atoms with Gasteiger partial charge in [0.25, 0.3) is 5.91 Å². The van der Waals surface area contributed by atoms with Gasteiger partial charge in [-0.05, 0) is 37.5 Å². The van der Waals surface area contributed by atoms with Crippen LogP contribution in [0, 0.1) is 0 Å². The van der Waals surface area contributed by atoms with Crippen LogP contribution in [0.5, 0.6) is 0 Å². The predicted octanol–water partition coefficient (Wildman–Crippen LogP) is 3.73. The first-order chi connectivity index (χ1) is 11.5. The van der Waals surface area contributed by atoms with E-state index in [-0.39, 0.29) is 12.5 Å². The van der Waals surface area contributed by atoms with E-state index in [2.05, 4.69) is 5.32 Å². The maximum absolute atomic E-state index is 12.0. The highest BCUT2D eigenvalue weighted by Gasteiger charge is 2.09. The Labute approximate surface area is 142 Å². The minimum Gasteiger partial charge on any atom is -0.452 e. The van der Waals surface area contributed by atoms with Crippen molar-refractivity contribution in [3.05, 3.63) is 77.4 Å². The summed E-state index contributed by atoms with van der Waals surface area (Å²) in [5, 5.41) is 2.80. The molecule has 4 nitrogen and oxygen atoms in total. The van der Waals surface area contributed by atoms with Gasteiger partial charge in [-0.15, -0.1) is 0 Å². The van der Waals surface area contributed by atoms with Crippen molar-refractivity contribution in [3.8, 4) is 0 Å². The van der Waals surface area contributed by atoms with Crippen molar-refractivity contribution in [1.29, 1.82) is 0 Å². The third-order valence-electron chi connectivity index (χ3n) is 3.28. The SMILES string of the molecule is CC(C)=CC(=O)OCC(=O)Nc1ccccc1Cc1ccccc1. The van der Waals surface area contributed by atoms with E-state index in [9.17, 15) is 9.59 Å². The van der Waals surface area contributed by atoms with Gasteiger partial charge in [0, 0.05) is 11.8 Å². The molecule has 4 heteroatoms. The highest BCUT2D eigenvalue weighted by atomic mass is 16.5. The van der Waals surface area contributed by atoms with Crippen LogP contribution in [0.3, 0.4) is 0 Å². The Morgan fingerprint density at radius 3 is 2.38 bits per heavy atom. The third kappa shape index (κ3) is 5.72. The van der Waals surface area contributed by atoms with Gasteiger partial charge in [0.1, 0.15) is 0 Å². The number of carbonyl (C=O) groups excluding carboxylic acids is 2. The largest absolute Gasteiger partial charge is 0.452 e. The molecule has 0 aliphatic rings. The van der Waals surface area contributed by atoms with Gasteiger partial charge in [0.15, 0.2) is 6.61 Å². The number of allylic oxidation sites excluding steroid dienone is 1. The smallest absolute Gasteiger partial charge is 0.331 e. The van der Waals surface area contributed by atoms with Crippen LogP contribution in [0.4, 0.5) is 5.69 Å². The molecule has 0 fully saturated rings. The Morgan fingerprint density at radius 1 is 1.00 bits per heavy atom. The number of nitrogens with one attached hydrogen (secondary N) is 1. The molecule has 1 amide bonds. The minimum absolute atomic E-state index is 0.303. The second kappa shape index (κ2) is 8.67. The molecule has 0 aromatic heterocycles. The second-order valence-corrected chi connectivity index (χ2v) is 5.70. The van der Waals surface area contributed by atoms with Crippen molar-refractivity contribution in [2.75, 3.05) is 11.9 Å². The molecule has 0 atom stereocenters. The summed E-state index contributed by atoms with van der Waals surface area (Å²) in [5.41, 5.74) is 3.72. The Hall–Kier alpha value is -2.88.